The van der Waals surface area contributed by atoms with Crippen molar-refractivity contribution >= 4 is 45.1 Å². The lowest BCUT2D eigenvalue weighted by Gasteiger charge is -2.17. The number of rotatable bonds is 2. The lowest BCUT2D eigenvalue weighted by Crippen LogP contribution is -2.02. The predicted molar refractivity (Wildman–Crippen MR) is 85.3 cm³/mol. The van der Waals surface area contributed by atoms with Crippen molar-refractivity contribution in [1.29, 1.82) is 0 Å². The lowest BCUT2D eigenvalue weighted by atomic mass is 10.0. The summed E-state index contributed by atoms with van der Waals surface area (Å²) >= 11 is -0.608. The van der Waals surface area contributed by atoms with Gasteiger partial charge in [-0.25, -0.2) is 0 Å². The van der Waals surface area contributed by atoms with Crippen molar-refractivity contribution in [1.82, 2.24) is 0 Å². The van der Waals surface area contributed by atoms with E-state index in [0.29, 0.717) is 0 Å². The Morgan fingerprint density at radius 1 is 0.500 bits per heavy atom. The number of benzene rings is 3. The van der Waals surface area contributed by atoms with E-state index in [1.807, 2.05) is 0 Å². The third kappa shape index (κ3) is 3.59. The van der Waals surface area contributed by atoms with Gasteiger partial charge in [0.2, 0.25) is 0 Å². The molecule has 0 saturated carbocycles. The van der Waals surface area contributed by atoms with E-state index in [2.05, 4.69) is 0 Å². The topological polar surface area (TPSA) is 0 Å². The molecule has 0 spiro atoms. The van der Waals surface area contributed by atoms with Crippen molar-refractivity contribution in [3.63, 3.8) is 0 Å². The maximum absolute atomic E-state index is 12.9. The molecular weight excluding hydrogens is 370 g/mol. The molecule has 0 nitrogen and oxygen atoms in total. The van der Waals surface area contributed by atoms with Gasteiger partial charge < -0.3 is 0 Å². The zero-order chi connectivity index (χ0) is 17.5. The number of thioether (sulfide) groups is 2. The molecule has 0 radical (unpaired) electrons. The highest BCUT2D eigenvalue weighted by molar-refractivity contribution is 8.01. The molecule has 126 valence electrons. The molecule has 3 aromatic rings. The third-order valence-electron chi connectivity index (χ3n) is 3.27. The summed E-state index contributed by atoms with van der Waals surface area (Å²) in [4.78, 5) is -0.166. The smallest absolute Gasteiger partial charge is 0.160 e. The van der Waals surface area contributed by atoms with Gasteiger partial charge in [0.05, 0.1) is 0 Å². The Morgan fingerprint density at radius 3 is 0.958 bits per heavy atom. The molecule has 24 heavy (non-hydrogen) atoms. The van der Waals surface area contributed by atoms with Crippen molar-refractivity contribution in [2.75, 3.05) is 0 Å². The zero-order valence-corrected chi connectivity index (χ0v) is 13.3. The van der Waals surface area contributed by atoms with Crippen LogP contribution in [0.5, 0.6) is 0 Å². The second kappa shape index (κ2) is 6.07. The van der Waals surface area contributed by atoms with Crippen LogP contribution in [0.25, 0.3) is 21.5 Å². The van der Waals surface area contributed by atoms with Gasteiger partial charge in [0, 0.05) is 9.79 Å². The van der Waals surface area contributed by atoms with Crippen LogP contribution in [0.4, 0.5) is 26.3 Å². The summed E-state index contributed by atoms with van der Waals surface area (Å²) in [5.74, 6) is 0. The van der Waals surface area contributed by atoms with E-state index >= 15 is 0 Å². The van der Waals surface area contributed by atoms with Crippen molar-refractivity contribution < 1.29 is 26.3 Å². The molecule has 0 aromatic heterocycles. The van der Waals surface area contributed by atoms with Crippen molar-refractivity contribution in [2.24, 2.45) is 0 Å². The average Bonchev–Trinajstić information content (AvgIpc) is 2.48. The fraction of sp³-hybridized carbons (Fsp3) is 0.125. The Hall–Kier alpha value is -1.54. The van der Waals surface area contributed by atoms with Crippen LogP contribution in [0.3, 0.4) is 0 Å². The first-order valence-corrected chi connectivity index (χ1v) is 8.24. The Morgan fingerprint density at radius 2 is 0.750 bits per heavy atom. The number of alkyl halides is 6. The summed E-state index contributed by atoms with van der Waals surface area (Å²) in [5.41, 5.74) is -9.07. The molecule has 0 aliphatic heterocycles. The fourth-order valence-electron chi connectivity index (χ4n) is 2.50. The normalized spacial score (nSPS) is 12.9. The number of hydrogen-bond donors (Lipinski definition) is 0. The molecule has 3 rings (SSSR count). The van der Waals surface area contributed by atoms with Gasteiger partial charge in [0.1, 0.15) is 0 Å². The minimum absolute atomic E-state index is 0.0831. The molecule has 3 aromatic carbocycles. The van der Waals surface area contributed by atoms with E-state index in [1.165, 1.54) is 48.5 Å². The van der Waals surface area contributed by atoms with Crippen molar-refractivity contribution in [3.8, 4) is 0 Å². The van der Waals surface area contributed by atoms with Crippen molar-refractivity contribution in [3.05, 3.63) is 48.5 Å². The third-order valence-corrected chi connectivity index (χ3v) is 5.02. The highest BCUT2D eigenvalue weighted by Crippen LogP contribution is 2.50. The predicted octanol–water partition coefficient (Wildman–Crippen LogP) is 7.22. The van der Waals surface area contributed by atoms with E-state index < -0.39 is 11.0 Å². The molecular formula is C16H8F6S2. The summed E-state index contributed by atoms with van der Waals surface area (Å²) in [6.07, 6.45) is 0. The van der Waals surface area contributed by atoms with Gasteiger partial charge in [-0.2, -0.15) is 26.3 Å². The summed E-state index contributed by atoms with van der Waals surface area (Å²) in [6.45, 7) is 0. The maximum Gasteiger partial charge on any atom is 0.446 e. The van der Waals surface area contributed by atoms with Crippen LogP contribution in [0, 0.1) is 0 Å². The van der Waals surface area contributed by atoms with Gasteiger partial charge in [0.15, 0.2) is 0 Å². The molecule has 8 heteroatoms. The second-order valence-corrected chi connectivity index (χ2v) is 7.00. The van der Waals surface area contributed by atoms with E-state index in [9.17, 15) is 26.3 Å². The minimum Gasteiger partial charge on any atom is -0.160 e. The van der Waals surface area contributed by atoms with Crippen LogP contribution in [-0.4, -0.2) is 11.0 Å². The maximum atomic E-state index is 12.9. The molecule has 0 N–H and O–H groups in total. The van der Waals surface area contributed by atoms with Gasteiger partial charge in [-0.1, -0.05) is 48.5 Å². The summed E-state index contributed by atoms with van der Waals surface area (Å²) < 4.78 is 77.7. The zero-order valence-electron chi connectivity index (χ0n) is 11.7. The molecule has 0 unspecified atom stereocenters. The van der Waals surface area contributed by atoms with Gasteiger partial charge in [-0.15, -0.1) is 0 Å². The average molecular weight is 378 g/mol. The number of halogens is 6. The summed E-state index contributed by atoms with van der Waals surface area (Å²) in [6, 6.07) is 11.7. The Balaban J connectivity index is 2.41. The van der Waals surface area contributed by atoms with Crippen molar-refractivity contribution in [2.45, 2.75) is 20.8 Å². The Labute approximate surface area is 141 Å². The highest BCUT2D eigenvalue weighted by atomic mass is 32.2. The van der Waals surface area contributed by atoms with Crippen LogP contribution >= 0.6 is 23.5 Å². The summed E-state index contributed by atoms with van der Waals surface area (Å²) in [5, 5.41) is 0.631. The minimum atomic E-state index is -4.54. The van der Waals surface area contributed by atoms with E-state index in [4.69, 9.17) is 0 Å². The molecule has 0 amide bonds. The van der Waals surface area contributed by atoms with E-state index in [1.54, 1.807) is 0 Å². The molecule has 0 atom stereocenters. The Kier molecular flexibility index (Phi) is 4.37. The van der Waals surface area contributed by atoms with E-state index in [-0.39, 0.29) is 54.9 Å². The highest BCUT2D eigenvalue weighted by Gasteiger charge is 2.34. The second-order valence-electron chi connectivity index (χ2n) is 4.85. The first-order valence-electron chi connectivity index (χ1n) is 6.61. The molecule has 0 aliphatic rings. The van der Waals surface area contributed by atoms with E-state index in [0.717, 1.165) is 0 Å². The molecule has 0 aliphatic carbocycles. The van der Waals surface area contributed by atoms with Gasteiger partial charge in [-0.05, 0) is 45.1 Å². The molecule has 0 heterocycles. The monoisotopic (exact) mass is 378 g/mol. The van der Waals surface area contributed by atoms with Crippen LogP contribution in [0.15, 0.2) is 58.3 Å². The SMILES string of the molecule is FC(F)(F)Sc1c2ccccc2c(SC(F)(F)F)c2ccccc12. The quantitative estimate of drug-likeness (QED) is 0.262. The van der Waals surface area contributed by atoms with Crippen LogP contribution in [0.2, 0.25) is 0 Å². The van der Waals surface area contributed by atoms with Crippen LogP contribution in [-0.2, 0) is 0 Å². The first-order chi connectivity index (χ1) is 11.2. The van der Waals surface area contributed by atoms with Gasteiger partial charge >= 0.3 is 11.0 Å². The number of hydrogen-bond acceptors (Lipinski definition) is 2. The largest absolute Gasteiger partial charge is 0.446 e. The first kappa shape index (κ1) is 17.3. The standard InChI is InChI=1S/C16H8F6S2/c17-15(18,19)23-13-9-5-1-2-6-10(9)14(24-16(20,21)22)12-8-4-3-7-11(12)13/h1-8H. The molecule has 0 saturated heterocycles. The lowest BCUT2D eigenvalue weighted by molar-refractivity contribution is -0.0336. The van der Waals surface area contributed by atoms with Crippen LogP contribution in [0.1, 0.15) is 0 Å². The Bertz CT molecular complexity index is 768. The van der Waals surface area contributed by atoms with Gasteiger partial charge in [0.25, 0.3) is 0 Å². The summed E-state index contributed by atoms with van der Waals surface area (Å²) in [7, 11) is 0. The molecule has 0 bridgehead atoms. The van der Waals surface area contributed by atoms with Crippen LogP contribution < -0.4 is 0 Å². The fourth-order valence-corrected chi connectivity index (χ4v) is 4.11. The number of fused-ring (bicyclic) bond motifs is 2. The van der Waals surface area contributed by atoms with Gasteiger partial charge in [-0.3, -0.25) is 0 Å². The molecule has 0 fully saturated rings.